The van der Waals surface area contributed by atoms with Crippen molar-refractivity contribution in [1.29, 1.82) is 0 Å². The number of rotatable bonds is 12. The van der Waals surface area contributed by atoms with Crippen LogP contribution in [0.3, 0.4) is 0 Å². The van der Waals surface area contributed by atoms with E-state index in [0.717, 1.165) is 70.4 Å². The summed E-state index contributed by atoms with van der Waals surface area (Å²) in [5.41, 5.74) is 8.41. The van der Waals surface area contributed by atoms with E-state index >= 15 is 0 Å². The van der Waals surface area contributed by atoms with Gasteiger partial charge in [-0.2, -0.15) is 0 Å². The van der Waals surface area contributed by atoms with Crippen molar-refractivity contribution in [3.8, 4) is 35.5 Å². The fourth-order valence-electron chi connectivity index (χ4n) is 6.53. The van der Waals surface area contributed by atoms with E-state index in [1.54, 1.807) is 58.3 Å². The molecule has 0 unspecified atom stereocenters. The predicted octanol–water partition coefficient (Wildman–Crippen LogP) is 10.4. The zero-order chi connectivity index (χ0) is 45.3. The molecule has 2 amide bonds. The Balaban J connectivity index is 1.04. The number of benzene rings is 6. The number of carbonyl (C=O) groups excluding carboxylic acids is 4. The van der Waals surface area contributed by atoms with Crippen molar-refractivity contribution in [2.75, 3.05) is 37.1 Å². The van der Waals surface area contributed by atoms with E-state index in [4.69, 9.17) is 9.47 Å². The average Bonchev–Trinajstić information content (AvgIpc) is 3.35. The molecule has 0 heterocycles. The first kappa shape index (κ1) is 45.4. The monoisotopic (exact) mass is 844 g/mol. The zero-order valence-corrected chi connectivity index (χ0v) is 36.4. The Kier molecular flexibility index (Phi) is 16.1. The van der Waals surface area contributed by atoms with Crippen molar-refractivity contribution in [2.24, 2.45) is 0 Å². The Morgan fingerprint density at radius 1 is 0.375 bits per heavy atom. The Hall–Kier alpha value is -8.12. The summed E-state index contributed by atoms with van der Waals surface area (Å²) >= 11 is 0. The minimum absolute atomic E-state index is 0.139. The minimum atomic E-state index is -0.445. The van der Waals surface area contributed by atoms with Gasteiger partial charge in [-0.05, 0) is 158 Å². The van der Waals surface area contributed by atoms with Crippen molar-refractivity contribution in [2.45, 2.75) is 39.5 Å². The lowest BCUT2D eigenvalue weighted by Crippen LogP contribution is -2.32. The highest BCUT2D eigenvalue weighted by Gasteiger charge is 2.20. The van der Waals surface area contributed by atoms with Crippen LogP contribution in [-0.4, -0.2) is 51.1 Å². The highest BCUT2D eigenvalue weighted by Crippen LogP contribution is 2.22. The summed E-state index contributed by atoms with van der Waals surface area (Å²) in [5, 5.41) is 0. The quantitative estimate of drug-likeness (QED) is 0.0900. The van der Waals surface area contributed by atoms with Gasteiger partial charge in [0.15, 0.2) is 0 Å². The van der Waals surface area contributed by atoms with Crippen molar-refractivity contribution in [1.82, 2.24) is 0 Å². The number of methoxy groups -OCH3 is 2. The molecule has 0 fully saturated rings. The molecule has 0 saturated heterocycles. The summed E-state index contributed by atoms with van der Waals surface area (Å²) in [6, 6.07) is 43.9. The molecular formula is C56H48N2O6. The number of amides is 2. The van der Waals surface area contributed by atoms with Crippen LogP contribution in [0.4, 0.5) is 11.4 Å². The fraction of sp³-hybridized carbons (Fsp3) is 0.179. The van der Waals surface area contributed by atoms with Crippen LogP contribution in [0.5, 0.6) is 0 Å². The van der Waals surface area contributed by atoms with Crippen LogP contribution in [-0.2, 0) is 9.47 Å². The van der Waals surface area contributed by atoms with Crippen LogP contribution in [0.2, 0.25) is 0 Å². The summed E-state index contributed by atoms with van der Waals surface area (Å²) in [7, 11) is 2.66. The molecule has 0 N–H and O–H groups in total. The first-order chi connectivity index (χ1) is 31.2. The van der Waals surface area contributed by atoms with Gasteiger partial charge in [0.05, 0.1) is 25.3 Å². The Labute approximate surface area is 375 Å². The second kappa shape index (κ2) is 22.6. The van der Waals surface area contributed by atoms with Gasteiger partial charge in [-0.15, -0.1) is 0 Å². The SMILES string of the molecule is CCCCN(C(=O)c1ccc(C(=O)OC)cc1)c1ccc(C#Cc2ccc(C#Cc3ccc(C#Cc4ccc(N(CCCC)C(=O)c5ccc(C(=O)OC)cc5)cc4)cc3)cc2)cc1. The summed E-state index contributed by atoms with van der Waals surface area (Å²) in [6.45, 7) is 5.30. The molecule has 6 aromatic carbocycles. The maximum atomic E-state index is 13.5. The van der Waals surface area contributed by atoms with E-state index in [1.807, 2.05) is 97.1 Å². The molecule has 0 saturated carbocycles. The Morgan fingerprint density at radius 2 is 0.609 bits per heavy atom. The van der Waals surface area contributed by atoms with E-state index in [9.17, 15) is 19.2 Å². The van der Waals surface area contributed by atoms with E-state index < -0.39 is 11.9 Å². The summed E-state index contributed by atoms with van der Waals surface area (Å²) < 4.78 is 9.55. The predicted molar refractivity (Wildman–Crippen MR) is 252 cm³/mol. The third kappa shape index (κ3) is 12.3. The molecule has 0 spiro atoms. The normalized spacial score (nSPS) is 10.1. The molecule has 8 nitrogen and oxygen atoms in total. The van der Waals surface area contributed by atoms with Crippen molar-refractivity contribution < 1.29 is 28.7 Å². The van der Waals surface area contributed by atoms with E-state index in [1.165, 1.54) is 14.2 Å². The maximum absolute atomic E-state index is 13.5. The lowest BCUT2D eigenvalue weighted by Gasteiger charge is -2.23. The molecule has 6 rings (SSSR count). The number of hydrogen-bond donors (Lipinski definition) is 0. The molecule has 0 atom stereocenters. The second-order valence-corrected chi connectivity index (χ2v) is 14.8. The van der Waals surface area contributed by atoms with Crippen LogP contribution >= 0.6 is 0 Å². The van der Waals surface area contributed by atoms with Crippen LogP contribution in [0.15, 0.2) is 146 Å². The van der Waals surface area contributed by atoms with Crippen molar-refractivity contribution in [3.63, 3.8) is 0 Å². The van der Waals surface area contributed by atoms with E-state index in [0.29, 0.717) is 35.3 Å². The zero-order valence-electron chi connectivity index (χ0n) is 36.4. The van der Waals surface area contributed by atoms with Gasteiger partial charge >= 0.3 is 11.9 Å². The molecular weight excluding hydrogens is 797 g/mol. The van der Waals surface area contributed by atoms with Gasteiger partial charge in [-0.3, -0.25) is 9.59 Å². The third-order valence-corrected chi connectivity index (χ3v) is 10.2. The molecule has 0 aliphatic carbocycles. The molecule has 64 heavy (non-hydrogen) atoms. The van der Waals surface area contributed by atoms with Crippen LogP contribution in [0.25, 0.3) is 0 Å². The Bertz CT molecular complexity index is 2570. The number of ether oxygens (including phenoxy) is 2. The number of nitrogens with zero attached hydrogens (tertiary/aromatic N) is 2. The molecule has 0 aliphatic rings. The molecule has 318 valence electrons. The summed E-state index contributed by atoms with van der Waals surface area (Å²) in [6.07, 6.45) is 3.57. The second-order valence-electron chi connectivity index (χ2n) is 14.8. The van der Waals surface area contributed by atoms with E-state index in [2.05, 4.69) is 49.4 Å². The maximum Gasteiger partial charge on any atom is 0.337 e. The highest BCUT2D eigenvalue weighted by atomic mass is 16.5. The first-order valence-corrected chi connectivity index (χ1v) is 21.2. The minimum Gasteiger partial charge on any atom is -0.465 e. The lowest BCUT2D eigenvalue weighted by atomic mass is 10.1. The van der Waals surface area contributed by atoms with Crippen LogP contribution < -0.4 is 9.80 Å². The van der Waals surface area contributed by atoms with Gasteiger partial charge in [-0.25, -0.2) is 9.59 Å². The summed E-state index contributed by atoms with van der Waals surface area (Å²) in [5.74, 6) is 18.1. The Morgan fingerprint density at radius 3 is 0.844 bits per heavy atom. The molecule has 0 radical (unpaired) electrons. The van der Waals surface area contributed by atoms with Gasteiger partial charge in [0.1, 0.15) is 0 Å². The number of anilines is 2. The largest absolute Gasteiger partial charge is 0.465 e. The van der Waals surface area contributed by atoms with Gasteiger partial charge in [0, 0.05) is 69.0 Å². The standard InChI is InChI=1S/C56H48N2O6/c1-5-7-39-57(53(59)47-27-31-49(32-28-47)55(61)63-3)51-35-23-45(24-36-51)21-19-43-15-11-41(12-16-43)9-10-42-13-17-44(18-14-42)20-22-46-25-37-52(38-26-46)58(40-8-6-2)54(60)48-29-33-50(34-30-48)56(62)64-4/h11-18,23-38H,5-8,39-40H2,1-4H3. The molecule has 6 aromatic rings. The molecule has 0 aromatic heterocycles. The highest BCUT2D eigenvalue weighted by molar-refractivity contribution is 6.07. The topological polar surface area (TPSA) is 93.2 Å². The molecule has 0 aliphatic heterocycles. The van der Waals surface area contributed by atoms with Crippen molar-refractivity contribution in [3.05, 3.63) is 201 Å². The molecule has 8 heteroatoms. The number of hydrogen-bond acceptors (Lipinski definition) is 6. The van der Waals surface area contributed by atoms with Gasteiger partial charge in [0.2, 0.25) is 0 Å². The van der Waals surface area contributed by atoms with Gasteiger partial charge in [-0.1, -0.05) is 62.2 Å². The average molecular weight is 845 g/mol. The number of unbranched alkanes of at least 4 members (excludes halogenated alkanes) is 2. The smallest absolute Gasteiger partial charge is 0.337 e. The first-order valence-electron chi connectivity index (χ1n) is 21.2. The summed E-state index contributed by atoms with van der Waals surface area (Å²) in [4.78, 5) is 54.2. The van der Waals surface area contributed by atoms with Crippen LogP contribution in [0.1, 0.15) is 114 Å². The molecule has 0 bridgehead atoms. The third-order valence-electron chi connectivity index (χ3n) is 10.2. The number of carbonyl (C=O) groups is 4. The van der Waals surface area contributed by atoms with Crippen LogP contribution in [0, 0.1) is 35.5 Å². The van der Waals surface area contributed by atoms with Gasteiger partial charge < -0.3 is 19.3 Å². The van der Waals surface area contributed by atoms with Gasteiger partial charge in [0.25, 0.3) is 11.8 Å². The van der Waals surface area contributed by atoms with Crippen molar-refractivity contribution >= 4 is 35.1 Å². The lowest BCUT2D eigenvalue weighted by molar-refractivity contribution is 0.0592. The fourth-order valence-corrected chi connectivity index (χ4v) is 6.53. The van der Waals surface area contributed by atoms with E-state index in [-0.39, 0.29) is 11.8 Å². The number of esters is 2.